The lowest BCUT2D eigenvalue weighted by molar-refractivity contribution is -0.143. The van der Waals surface area contributed by atoms with Crippen LogP contribution in [0.25, 0.3) is 0 Å². The van der Waals surface area contributed by atoms with Crippen LogP contribution in [0.1, 0.15) is 99.5 Å². The first kappa shape index (κ1) is 32.9. The third-order valence-electron chi connectivity index (χ3n) is 12.9. The molecule has 1 N–H and O–H groups in total. The van der Waals surface area contributed by atoms with Gasteiger partial charge >= 0.3 is 0 Å². The lowest BCUT2D eigenvalue weighted by atomic mass is 9.64. The van der Waals surface area contributed by atoms with Crippen molar-refractivity contribution in [3.63, 3.8) is 0 Å². The molecule has 3 fully saturated rings. The third kappa shape index (κ3) is 5.94. The summed E-state index contributed by atoms with van der Waals surface area (Å²) >= 11 is 6.47. The van der Waals surface area contributed by atoms with E-state index in [1.54, 1.807) is 13.0 Å². The smallest absolute Gasteiger partial charge is 0.264 e. The highest BCUT2D eigenvalue weighted by Gasteiger charge is 2.49. The van der Waals surface area contributed by atoms with Gasteiger partial charge in [0.25, 0.3) is 5.91 Å². The topological polar surface area (TPSA) is 94.2 Å². The zero-order valence-electron chi connectivity index (χ0n) is 28.2. The van der Waals surface area contributed by atoms with Crippen molar-refractivity contribution in [1.29, 1.82) is 0 Å². The maximum Gasteiger partial charge on any atom is 0.264 e. The zero-order chi connectivity index (χ0) is 33.2. The Labute approximate surface area is 290 Å². The summed E-state index contributed by atoms with van der Waals surface area (Å²) in [6.07, 6.45) is 11.4. The Balaban J connectivity index is 1.18. The van der Waals surface area contributed by atoms with Crippen LogP contribution in [0.2, 0.25) is 5.02 Å². The molecule has 8 nitrogen and oxygen atoms in total. The minimum Gasteiger partial charge on any atom is -0.490 e. The molecule has 3 heterocycles. The number of anilines is 1. The second-order valence-electron chi connectivity index (χ2n) is 15.7. The van der Waals surface area contributed by atoms with Gasteiger partial charge in [-0.2, -0.15) is 0 Å². The van der Waals surface area contributed by atoms with E-state index in [1.165, 1.54) is 11.1 Å². The molecule has 1 amide bonds. The molecule has 2 saturated carbocycles. The van der Waals surface area contributed by atoms with Crippen LogP contribution in [-0.2, 0) is 31.3 Å². The van der Waals surface area contributed by atoms with Crippen molar-refractivity contribution in [3.05, 3.63) is 58.1 Å². The van der Waals surface area contributed by atoms with Crippen molar-refractivity contribution in [2.75, 3.05) is 24.6 Å². The largest absolute Gasteiger partial charge is 0.490 e. The van der Waals surface area contributed by atoms with Gasteiger partial charge in [0.15, 0.2) is 6.29 Å². The Morgan fingerprint density at radius 3 is 2.48 bits per heavy atom. The van der Waals surface area contributed by atoms with Crippen LogP contribution < -0.4 is 14.4 Å². The molecule has 0 radical (unpaired) electrons. The van der Waals surface area contributed by atoms with Crippen LogP contribution in [-0.4, -0.2) is 57.8 Å². The fraction of sp³-hybridized carbons (Fsp3) is 0.658. The number of benzene rings is 2. The van der Waals surface area contributed by atoms with Gasteiger partial charge in [0.1, 0.15) is 5.75 Å². The number of hydrogen-bond acceptors (Lipinski definition) is 7. The standard InChI is InChI=1S/C38H49ClN2O6S/c1-23-6-3-8-30(37-46-34-9-4-10-35(34)47-37)29-14-11-27(29)20-41-21-38(17-5-7-25-18-28(39)13-15-31(25)38)22-45-33-16-12-26(19-32(33)41)36(42)40-48(43,44)24(23)2/h12-13,15-16,18-19,23-24,27,29-30,34-35,37H,3-11,14,17,20-22H2,1-2H3,(H,40,42)/t23-,24+,27-,29+,30+,34-,35+,37?,38-/m0/s1. The van der Waals surface area contributed by atoms with Crippen LogP contribution in [0.4, 0.5) is 5.69 Å². The molecule has 2 bridgehead atoms. The predicted octanol–water partition coefficient (Wildman–Crippen LogP) is 7.02. The molecule has 6 aliphatic rings. The van der Waals surface area contributed by atoms with E-state index in [1.807, 2.05) is 25.1 Å². The number of nitrogens with zero attached hydrogens (tertiary/aromatic N) is 1. The third-order valence-corrected chi connectivity index (χ3v) is 15.0. The van der Waals surface area contributed by atoms with E-state index in [0.717, 1.165) is 100 Å². The van der Waals surface area contributed by atoms with Crippen LogP contribution in [0, 0.1) is 23.7 Å². The Bertz CT molecular complexity index is 1660. The Kier molecular flexibility index (Phi) is 8.74. The minimum absolute atomic E-state index is 0.105. The molecule has 10 heteroatoms. The number of ether oxygens (including phenoxy) is 3. The van der Waals surface area contributed by atoms with Gasteiger partial charge < -0.3 is 19.1 Å². The number of carbonyl (C=O) groups excluding carboxylic acids is 1. The Morgan fingerprint density at radius 2 is 1.71 bits per heavy atom. The maximum absolute atomic E-state index is 13.5. The van der Waals surface area contributed by atoms with Gasteiger partial charge in [-0.25, -0.2) is 13.1 Å². The Hall–Kier alpha value is -2.33. The molecule has 260 valence electrons. The number of carbonyl (C=O) groups is 1. The van der Waals surface area contributed by atoms with Crippen LogP contribution in [0.5, 0.6) is 5.75 Å². The normalized spacial score (nSPS) is 37.7. The molecule has 48 heavy (non-hydrogen) atoms. The van der Waals surface area contributed by atoms with E-state index in [0.29, 0.717) is 24.0 Å². The fourth-order valence-corrected chi connectivity index (χ4v) is 11.3. The number of aryl methyl sites for hydroxylation is 1. The van der Waals surface area contributed by atoms with Crippen molar-refractivity contribution in [2.45, 2.75) is 114 Å². The summed E-state index contributed by atoms with van der Waals surface area (Å²) in [5, 5.41) is 0.0507. The van der Waals surface area contributed by atoms with Gasteiger partial charge in [-0.15, -0.1) is 0 Å². The lowest BCUT2D eigenvalue weighted by Crippen LogP contribution is -2.50. The van der Waals surface area contributed by atoms with E-state index in [2.05, 4.69) is 21.8 Å². The van der Waals surface area contributed by atoms with Crippen molar-refractivity contribution < 1.29 is 27.4 Å². The molecule has 9 atom stereocenters. The monoisotopic (exact) mass is 696 g/mol. The molecular weight excluding hydrogens is 648 g/mol. The molecule has 2 aromatic carbocycles. The molecule has 1 spiro atoms. The number of nitrogens with one attached hydrogen (secondary N) is 1. The summed E-state index contributed by atoms with van der Waals surface area (Å²) < 4.78 is 49.3. The first-order chi connectivity index (χ1) is 23.1. The molecule has 3 aliphatic heterocycles. The summed E-state index contributed by atoms with van der Waals surface area (Å²) in [5.41, 5.74) is 3.54. The maximum atomic E-state index is 13.5. The first-order valence-electron chi connectivity index (χ1n) is 18.3. The van der Waals surface area contributed by atoms with E-state index in [4.69, 9.17) is 25.8 Å². The minimum atomic E-state index is -3.89. The number of rotatable bonds is 1. The van der Waals surface area contributed by atoms with Gasteiger partial charge in [0, 0.05) is 35.0 Å². The number of sulfonamides is 1. The highest BCUT2D eigenvalue weighted by molar-refractivity contribution is 7.90. The number of hydrogen-bond donors (Lipinski definition) is 1. The summed E-state index contributed by atoms with van der Waals surface area (Å²) in [6.45, 7) is 5.81. The molecule has 1 unspecified atom stereocenters. The summed E-state index contributed by atoms with van der Waals surface area (Å²) in [6, 6.07) is 11.7. The summed E-state index contributed by atoms with van der Waals surface area (Å²) in [4.78, 5) is 16.0. The number of fused-ring (bicyclic) bond motifs is 5. The fourth-order valence-electron chi connectivity index (χ4n) is 9.75. The highest BCUT2D eigenvalue weighted by Crippen LogP contribution is 2.50. The molecule has 3 aliphatic carbocycles. The second kappa shape index (κ2) is 12.8. The van der Waals surface area contributed by atoms with E-state index >= 15 is 0 Å². The van der Waals surface area contributed by atoms with Gasteiger partial charge in [-0.1, -0.05) is 31.0 Å². The first-order valence-corrected chi connectivity index (χ1v) is 20.2. The van der Waals surface area contributed by atoms with Gasteiger partial charge in [-0.3, -0.25) is 4.79 Å². The van der Waals surface area contributed by atoms with Crippen molar-refractivity contribution in [2.24, 2.45) is 23.7 Å². The summed E-state index contributed by atoms with van der Waals surface area (Å²) in [5.74, 6) is 1.20. The summed E-state index contributed by atoms with van der Waals surface area (Å²) in [7, 11) is -3.89. The zero-order valence-corrected chi connectivity index (χ0v) is 29.7. The molecule has 0 aromatic heterocycles. The van der Waals surface area contributed by atoms with E-state index in [9.17, 15) is 13.2 Å². The number of halogens is 1. The van der Waals surface area contributed by atoms with Crippen molar-refractivity contribution >= 4 is 33.2 Å². The van der Waals surface area contributed by atoms with Crippen LogP contribution in [0.15, 0.2) is 36.4 Å². The predicted molar refractivity (Wildman–Crippen MR) is 186 cm³/mol. The second-order valence-corrected chi connectivity index (χ2v) is 18.2. The van der Waals surface area contributed by atoms with Crippen LogP contribution in [0.3, 0.4) is 0 Å². The molecular formula is C38H49ClN2O6S. The van der Waals surface area contributed by atoms with Gasteiger partial charge in [0.2, 0.25) is 10.0 Å². The molecule has 2 aromatic rings. The molecule has 1 saturated heterocycles. The van der Waals surface area contributed by atoms with Crippen molar-refractivity contribution in [1.82, 2.24) is 4.72 Å². The van der Waals surface area contributed by atoms with E-state index < -0.39 is 21.2 Å². The van der Waals surface area contributed by atoms with Crippen LogP contribution >= 0.6 is 11.6 Å². The van der Waals surface area contributed by atoms with Gasteiger partial charge in [0.05, 0.1) is 29.8 Å². The highest BCUT2D eigenvalue weighted by atomic mass is 35.5. The quantitative estimate of drug-likeness (QED) is 0.343. The lowest BCUT2D eigenvalue weighted by Gasteiger charge is -2.47. The van der Waals surface area contributed by atoms with Gasteiger partial charge in [-0.05, 0) is 130 Å². The average Bonchev–Trinajstić information content (AvgIpc) is 3.62. The average molecular weight is 697 g/mol. The van der Waals surface area contributed by atoms with E-state index in [-0.39, 0.29) is 35.7 Å². The number of amides is 1. The SMILES string of the molecule is C[C@@H]1[C@@H](C)CCC[C@@H](C2O[C@H]3CCC[C@H]3O2)[C@@H]2CC[C@H]2CN2C[C@@]3(CCCc4cc(Cl)ccc43)COc3ccc(cc32)C(=O)NS1(=O)=O. The molecule has 8 rings (SSSR count). The van der Waals surface area contributed by atoms with Crippen molar-refractivity contribution in [3.8, 4) is 5.75 Å². The Morgan fingerprint density at radius 1 is 0.917 bits per heavy atom.